The van der Waals surface area contributed by atoms with E-state index in [0.717, 1.165) is 55.6 Å². The Bertz CT molecular complexity index is 678. The third kappa shape index (κ3) is 5.28. The zero-order valence-electron chi connectivity index (χ0n) is 17.2. The molecule has 0 aromatic heterocycles. The summed E-state index contributed by atoms with van der Waals surface area (Å²) in [6.45, 7) is 5.90. The second-order valence-electron chi connectivity index (χ2n) is 7.97. The van der Waals surface area contributed by atoms with Gasteiger partial charge in [-0.05, 0) is 49.8 Å². The molecule has 1 aliphatic carbocycles. The molecule has 154 valence electrons. The number of rotatable bonds is 6. The number of likely N-dealkylation sites (tertiary alicyclic amines) is 1. The second-order valence-corrected chi connectivity index (χ2v) is 8.89. The number of hydrogen-bond acceptors (Lipinski definition) is 2. The van der Waals surface area contributed by atoms with Gasteiger partial charge in [0.2, 0.25) is 5.91 Å². The van der Waals surface area contributed by atoms with Crippen molar-refractivity contribution in [3.05, 3.63) is 34.3 Å². The van der Waals surface area contributed by atoms with Crippen LogP contribution in [-0.4, -0.2) is 49.0 Å². The molecule has 2 aliphatic rings. The third-order valence-corrected chi connectivity index (χ3v) is 6.65. The number of hydrogen-bond donors (Lipinski definition) is 2. The maximum absolute atomic E-state index is 12.6. The summed E-state index contributed by atoms with van der Waals surface area (Å²) < 4.78 is 1.12. The number of nitrogens with one attached hydrogen (secondary N) is 2. The van der Waals surface area contributed by atoms with Gasteiger partial charge in [-0.3, -0.25) is 9.79 Å². The van der Waals surface area contributed by atoms with E-state index in [1.54, 1.807) is 0 Å². The second kappa shape index (κ2) is 9.77. The average molecular weight is 449 g/mol. The highest BCUT2D eigenvalue weighted by molar-refractivity contribution is 9.10. The fraction of sp³-hybridized carbons (Fsp3) is 0.636. The Hall–Kier alpha value is -1.56. The van der Waals surface area contributed by atoms with Crippen molar-refractivity contribution in [1.29, 1.82) is 0 Å². The van der Waals surface area contributed by atoms with E-state index >= 15 is 0 Å². The van der Waals surface area contributed by atoms with Crippen LogP contribution in [0.5, 0.6) is 0 Å². The lowest BCUT2D eigenvalue weighted by Crippen LogP contribution is -2.51. The first-order valence-corrected chi connectivity index (χ1v) is 11.4. The van der Waals surface area contributed by atoms with Crippen LogP contribution in [-0.2, 0) is 4.79 Å². The van der Waals surface area contributed by atoms with Crippen LogP contribution in [0, 0.1) is 5.92 Å². The van der Waals surface area contributed by atoms with Gasteiger partial charge in [-0.25, -0.2) is 0 Å². The first-order chi connectivity index (χ1) is 13.5. The number of carbonyl (C=O) groups is 1. The Morgan fingerprint density at radius 3 is 2.39 bits per heavy atom. The molecule has 2 unspecified atom stereocenters. The molecular weight excluding hydrogens is 416 g/mol. The van der Waals surface area contributed by atoms with Gasteiger partial charge in [0.25, 0.3) is 0 Å². The van der Waals surface area contributed by atoms with E-state index in [1.807, 2.05) is 7.05 Å². The summed E-state index contributed by atoms with van der Waals surface area (Å²) in [5.74, 6) is 1.96. The number of nitrogens with zero attached hydrogens (tertiary/aromatic N) is 2. The molecule has 6 heteroatoms. The van der Waals surface area contributed by atoms with Gasteiger partial charge in [-0.1, -0.05) is 41.9 Å². The number of amides is 1. The van der Waals surface area contributed by atoms with Gasteiger partial charge in [-0.15, -0.1) is 0 Å². The summed E-state index contributed by atoms with van der Waals surface area (Å²) in [4.78, 5) is 19.0. The fourth-order valence-electron chi connectivity index (χ4n) is 4.11. The van der Waals surface area contributed by atoms with Crippen molar-refractivity contribution in [2.75, 3.05) is 20.1 Å². The molecule has 28 heavy (non-hydrogen) atoms. The molecule has 2 atom stereocenters. The molecule has 1 aromatic carbocycles. The Morgan fingerprint density at radius 2 is 1.82 bits per heavy atom. The first kappa shape index (κ1) is 21.2. The van der Waals surface area contributed by atoms with Crippen LogP contribution in [0.2, 0.25) is 0 Å². The quantitative estimate of drug-likeness (QED) is 0.512. The SMILES string of the molecule is CCC(CC)C(=O)N1CCC(NC(=NC)NC2CC2c2ccc(Br)cc2)CC1. The lowest BCUT2D eigenvalue weighted by molar-refractivity contribution is -0.136. The van der Waals surface area contributed by atoms with Crippen molar-refractivity contribution in [2.24, 2.45) is 10.9 Å². The van der Waals surface area contributed by atoms with E-state index < -0.39 is 0 Å². The van der Waals surface area contributed by atoms with E-state index in [2.05, 4.69) is 74.6 Å². The van der Waals surface area contributed by atoms with Crippen LogP contribution >= 0.6 is 15.9 Å². The number of benzene rings is 1. The molecule has 2 fully saturated rings. The van der Waals surface area contributed by atoms with Crippen molar-refractivity contribution in [3.63, 3.8) is 0 Å². The van der Waals surface area contributed by atoms with Crippen LogP contribution in [0.25, 0.3) is 0 Å². The normalized spacial score (nSPS) is 23.0. The summed E-state index contributed by atoms with van der Waals surface area (Å²) in [6, 6.07) is 9.42. The van der Waals surface area contributed by atoms with E-state index in [9.17, 15) is 4.79 Å². The molecule has 5 nitrogen and oxygen atoms in total. The predicted molar refractivity (Wildman–Crippen MR) is 119 cm³/mol. The first-order valence-electron chi connectivity index (χ1n) is 10.6. The van der Waals surface area contributed by atoms with Crippen molar-refractivity contribution in [3.8, 4) is 0 Å². The maximum Gasteiger partial charge on any atom is 0.225 e. The molecule has 1 saturated heterocycles. The highest BCUT2D eigenvalue weighted by Gasteiger charge is 2.39. The van der Waals surface area contributed by atoms with Gasteiger partial charge in [0.15, 0.2) is 5.96 Å². The van der Waals surface area contributed by atoms with Crippen LogP contribution in [0.15, 0.2) is 33.7 Å². The average Bonchev–Trinajstić information content (AvgIpc) is 3.48. The van der Waals surface area contributed by atoms with Gasteiger partial charge in [0.1, 0.15) is 0 Å². The lowest BCUT2D eigenvalue weighted by Gasteiger charge is -2.35. The van der Waals surface area contributed by atoms with Gasteiger partial charge in [0.05, 0.1) is 0 Å². The number of piperidine rings is 1. The van der Waals surface area contributed by atoms with Gasteiger partial charge < -0.3 is 15.5 Å². The zero-order valence-corrected chi connectivity index (χ0v) is 18.8. The molecule has 1 aliphatic heterocycles. The van der Waals surface area contributed by atoms with E-state index in [4.69, 9.17) is 0 Å². The van der Waals surface area contributed by atoms with Gasteiger partial charge in [-0.2, -0.15) is 0 Å². The minimum atomic E-state index is 0.185. The third-order valence-electron chi connectivity index (χ3n) is 6.12. The standard InChI is InChI=1S/C22H33BrN4O/c1-4-15(5-2)21(28)27-12-10-18(11-13-27)25-22(24-3)26-20-14-19(20)16-6-8-17(23)9-7-16/h6-9,15,18-20H,4-5,10-14H2,1-3H3,(H2,24,25,26). The molecule has 1 amide bonds. The van der Waals surface area contributed by atoms with Crippen LogP contribution in [0.3, 0.4) is 0 Å². The number of halogens is 1. The Balaban J connectivity index is 1.44. The fourth-order valence-corrected chi connectivity index (χ4v) is 4.38. The topological polar surface area (TPSA) is 56.7 Å². The molecule has 0 radical (unpaired) electrons. The summed E-state index contributed by atoms with van der Waals surface area (Å²) in [7, 11) is 1.83. The number of carbonyl (C=O) groups excluding carboxylic acids is 1. The molecule has 1 aromatic rings. The molecule has 0 spiro atoms. The minimum Gasteiger partial charge on any atom is -0.354 e. The van der Waals surface area contributed by atoms with E-state index in [-0.39, 0.29) is 5.92 Å². The van der Waals surface area contributed by atoms with Gasteiger partial charge in [0, 0.05) is 48.5 Å². The van der Waals surface area contributed by atoms with Crippen LogP contribution in [0.1, 0.15) is 57.4 Å². The lowest BCUT2D eigenvalue weighted by atomic mass is 9.98. The maximum atomic E-state index is 12.6. The monoisotopic (exact) mass is 448 g/mol. The van der Waals surface area contributed by atoms with Crippen molar-refractivity contribution in [2.45, 2.75) is 64.0 Å². The van der Waals surface area contributed by atoms with Gasteiger partial charge >= 0.3 is 0 Å². The molecule has 0 bridgehead atoms. The summed E-state index contributed by atoms with van der Waals surface area (Å²) in [5, 5.41) is 7.14. The van der Waals surface area contributed by atoms with Crippen LogP contribution in [0.4, 0.5) is 0 Å². The van der Waals surface area contributed by atoms with E-state index in [0.29, 0.717) is 23.9 Å². The largest absolute Gasteiger partial charge is 0.354 e. The Morgan fingerprint density at radius 1 is 1.18 bits per heavy atom. The Labute approximate surface area is 177 Å². The minimum absolute atomic E-state index is 0.185. The summed E-state index contributed by atoms with van der Waals surface area (Å²) in [6.07, 6.45) is 4.97. The van der Waals surface area contributed by atoms with Crippen molar-refractivity contribution in [1.82, 2.24) is 15.5 Å². The van der Waals surface area contributed by atoms with Crippen LogP contribution < -0.4 is 10.6 Å². The highest BCUT2D eigenvalue weighted by Crippen LogP contribution is 2.41. The van der Waals surface area contributed by atoms with Crippen molar-refractivity contribution < 1.29 is 4.79 Å². The number of aliphatic imine (C=N–C) groups is 1. The molecule has 3 rings (SSSR count). The molecule has 2 N–H and O–H groups in total. The Kier molecular flexibility index (Phi) is 7.38. The highest BCUT2D eigenvalue weighted by atomic mass is 79.9. The summed E-state index contributed by atoms with van der Waals surface area (Å²) >= 11 is 3.50. The predicted octanol–water partition coefficient (Wildman–Crippen LogP) is 3.90. The molecular formula is C22H33BrN4O. The molecule has 1 heterocycles. The number of guanidine groups is 1. The zero-order chi connectivity index (χ0) is 20.1. The van der Waals surface area contributed by atoms with E-state index in [1.165, 1.54) is 5.56 Å². The molecule has 1 saturated carbocycles. The smallest absolute Gasteiger partial charge is 0.225 e. The van der Waals surface area contributed by atoms with Crippen molar-refractivity contribution >= 4 is 27.8 Å². The summed E-state index contributed by atoms with van der Waals surface area (Å²) in [5.41, 5.74) is 1.38.